The Labute approximate surface area is 90.7 Å². The summed E-state index contributed by atoms with van der Waals surface area (Å²) in [5.41, 5.74) is 2.87. The van der Waals surface area contributed by atoms with Crippen molar-refractivity contribution in [2.24, 2.45) is 16.7 Å². The predicted octanol–water partition coefficient (Wildman–Crippen LogP) is 3.01. The molecule has 1 N–H and O–H groups in total. The maximum Gasteiger partial charge on any atom is 0.332 e. The fourth-order valence-electron chi connectivity index (χ4n) is 3.44. The highest BCUT2D eigenvalue weighted by Crippen LogP contribution is 2.66. The van der Waals surface area contributed by atoms with Gasteiger partial charge in [-0.3, -0.25) is 0 Å². The number of hydrogen-bond donors (Lipinski definition) is 1. The van der Waals surface area contributed by atoms with E-state index in [1.807, 2.05) is 6.08 Å². The van der Waals surface area contributed by atoms with Gasteiger partial charge in [-0.05, 0) is 19.8 Å². The molecule has 2 bridgehead atoms. The zero-order chi connectivity index (χ0) is 11.6. The molecule has 0 spiro atoms. The number of carbonyl (C=O) groups is 1. The molecule has 15 heavy (non-hydrogen) atoms. The summed E-state index contributed by atoms with van der Waals surface area (Å²) in [6, 6.07) is 0. The molecule has 82 valence electrons. The van der Waals surface area contributed by atoms with Crippen molar-refractivity contribution in [2.75, 3.05) is 0 Å². The topological polar surface area (TPSA) is 37.3 Å². The van der Waals surface area contributed by atoms with Crippen molar-refractivity contribution >= 4 is 5.97 Å². The maximum absolute atomic E-state index is 11.2. The van der Waals surface area contributed by atoms with Crippen LogP contribution in [0.1, 0.15) is 34.6 Å². The van der Waals surface area contributed by atoms with Gasteiger partial charge in [0.15, 0.2) is 0 Å². The van der Waals surface area contributed by atoms with Crippen molar-refractivity contribution in [1.82, 2.24) is 0 Å². The summed E-state index contributed by atoms with van der Waals surface area (Å²) in [6.45, 7) is 10.6. The minimum atomic E-state index is -0.764. The highest BCUT2D eigenvalue weighted by molar-refractivity contribution is 5.91. The van der Waals surface area contributed by atoms with Gasteiger partial charge in [-0.1, -0.05) is 38.0 Å². The highest BCUT2D eigenvalue weighted by Gasteiger charge is 2.59. The zero-order valence-electron chi connectivity index (χ0n) is 10.0. The van der Waals surface area contributed by atoms with Crippen molar-refractivity contribution in [3.05, 3.63) is 22.8 Å². The summed E-state index contributed by atoms with van der Waals surface area (Å²) in [5, 5.41) is 9.25. The van der Waals surface area contributed by atoms with Gasteiger partial charge >= 0.3 is 5.97 Å². The van der Waals surface area contributed by atoms with Crippen LogP contribution in [0.5, 0.6) is 0 Å². The van der Waals surface area contributed by atoms with Crippen molar-refractivity contribution in [1.29, 1.82) is 0 Å². The minimum Gasteiger partial charge on any atom is -0.478 e. The monoisotopic (exact) mass is 206 g/mol. The third-order valence-electron chi connectivity index (χ3n) is 5.15. The van der Waals surface area contributed by atoms with Crippen molar-refractivity contribution in [3.8, 4) is 0 Å². The lowest BCUT2D eigenvalue weighted by Crippen LogP contribution is -2.27. The lowest BCUT2D eigenvalue weighted by atomic mass is 9.72. The third-order valence-corrected chi connectivity index (χ3v) is 5.15. The van der Waals surface area contributed by atoms with Crippen LogP contribution < -0.4 is 0 Å². The lowest BCUT2D eigenvalue weighted by Gasteiger charge is -2.30. The average molecular weight is 206 g/mol. The van der Waals surface area contributed by atoms with Gasteiger partial charge in [0.25, 0.3) is 0 Å². The average Bonchev–Trinajstić information content (AvgIpc) is 2.44. The van der Waals surface area contributed by atoms with Crippen molar-refractivity contribution in [3.63, 3.8) is 0 Å². The summed E-state index contributed by atoms with van der Waals surface area (Å²) < 4.78 is 0. The summed E-state index contributed by atoms with van der Waals surface area (Å²) in [4.78, 5) is 11.2. The summed E-state index contributed by atoms with van der Waals surface area (Å²) in [5.74, 6) is -0.406. The van der Waals surface area contributed by atoms with Crippen LogP contribution in [0.25, 0.3) is 0 Å². The number of carboxylic acid groups (broad SMARTS) is 1. The van der Waals surface area contributed by atoms with Crippen LogP contribution in [0.3, 0.4) is 0 Å². The Morgan fingerprint density at radius 2 is 1.87 bits per heavy atom. The van der Waals surface area contributed by atoms with Gasteiger partial charge in [-0.25, -0.2) is 4.79 Å². The first kappa shape index (κ1) is 10.5. The zero-order valence-corrected chi connectivity index (χ0v) is 10.0. The number of hydrogen-bond acceptors (Lipinski definition) is 1. The van der Waals surface area contributed by atoms with Crippen molar-refractivity contribution < 1.29 is 9.90 Å². The molecule has 0 saturated heterocycles. The molecule has 0 aromatic rings. The largest absolute Gasteiger partial charge is 0.478 e. The first-order chi connectivity index (χ1) is 6.76. The molecule has 0 aliphatic heterocycles. The van der Waals surface area contributed by atoms with Crippen LogP contribution in [-0.2, 0) is 4.79 Å². The second-order valence-electron chi connectivity index (χ2n) is 5.32. The maximum atomic E-state index is 11.2. The van der Waals surface area contributed by atoms with Crippen LogP contribution in [0.15, 0.2) is 22.8 Å². The SMILES string of the molecule is CC1=C(C)C2(C)C(C(=O)O)=CC1(C)C2C. The molecule has 2 aliphatic rings. The van der Waals surface area contributed by atoms with E-state index in [2.05, 4.69) is 34.6 Å². The Morgan fingerprint density at radius 1 is 1.33 bits per heavy atom. The molecule has 0 fully saturated rings. The smallest absolute Gasteiger partial charge is 0.332 e. The van der Waals surface area contributed by atoms with Gasteiger partial charge in [0.05, 0.1) is 0 Å². The molecule has 0 radical (unpaired) electrons. The quantitative estimate of drug-likeness (QED) is 0.670. The first-order valence-corrected chi connectivity index (χ1v) is 5.41. The molecular weight excluding hydrogens is 188 g/mol. The van der Waals surface area contributed by atoms with E-state index in [9.17, 15) is 9.90 Å². The van der Waals surface area contributed by atoms with E-state index >= 15 is 0 Å². The Morgan fingerprint density at radius 3 is 2.20 bits per heavy atom. The Kier molecular flexibility index (Phi) is 1.78. The van der Waals surface area contributed by atoms with E-state index in [1.165, 1.54) is 11.1 Å². The second kappa shape index (κ2) is 2.55. The molecule has 0 aromatic carbocycles. The molecule has 3 unspecified atom stereocenters. The van der Waals surface area contributed by atoms with E-state index < -0.39 is 5.97 Å². The summed E-state index contributed by atoms with van der Waals surface area (Å²) in [6.07, 6.45) is 1.96. The second-order valence-corrected chi connectivity index (χ2v) is 5.32. The Balaban J connectivity index is 2.67. The fraction of sp³-hybridized carbons (Fsp3) is 0.615. The molecule has 0 aromatic heterocycles. The van der Waals surface area contributed by atoms with Gasteiger partial charge in [0.2, 0.25) is 0 Å². The lowest BCUT2D eigenvalue weighted by molar-refractivity contribution is -0.133. The highest BCUT2D eigenvalue weighted by atomic mass is 16.4. The fourth-order valence-corrected chi connectivity index (χ4v) is 3.44. The van der Waals surface area contributed by atoms with E-state index in [0.29, 0.717) is 11.5 Å². The Hall–Kier alpha value is -1.05. The molecule has 3 atom stereocenters. The van der Waals surface area contributed by atoms with Gasteiger partial charge in [0, 0.05) is 16.4 Å². The molecule has 0 heterocycles. The number of rotatable bonds is 1. The van der Waals surface area contributed by atoms with Crippen LogP contribution in [0.4, 0.5) is 0 Å². The van der Waals surface area contributed by atoms with E-state index in [-0.39, 0.29) is 10.8 Å². The van der Waals surface area contributed by atoms with Crippen LogP contribution in [0.2, 0.25) is 0 Å². The standard InChI is InChI=1S/C13H18O2/c1-7-8(2)13(5)9(3)12(7,4)6-10(13)11(14)15/h6,9H,1-5H3,(H,14,15). The van der Waals surface area contributed by atoms with E-state index in [0.717, 1.165) is 0 Å². The molecule has 2 aliphatic carbocycles. The number of aliphatic carboxylic acids is 1. The van der Waals surface area contributed by atoms with Gasteiger partial charge in [0.1, 0.15) is 0 Å². The van der Waals surface area contributed by atoms with E-state index in [4.69, 9.17) is 0 Å². The molecular formula is C13H18O2. The van der Waals surface area contributed by atoms with E-state index in [1.54, 1.807) is 0 Å². The molecule has 0 amide bonds. The minimum absolute atomic E-state index is 0.0491. The normalized spacial score (nSPS) is 43.5. The number of fused-ring (bicyclic) bond motifs is 2. The van der Waals surface area contributed by atoms with Crippen LogP contribution in [-0.4, -0.2) is 11.1 Å². The van der Waals surface area contributed by atoms with Crippen molar-refractivity contribution in [2.45, 2.75) is 34.6 Å². The Bertz CT molecular complexity index is 416. The molecule has 0 saturated carbocycles. The molecule has 2 rings (SSSR count). The first-order valence-electron chi connectivity index (χ1n) is 5.41. The predicted molar refractivity (Wildman–Crippen MR) is 59.5 cm³/mol. The van der Waals surface area contributed by atoms with Gasteiger partial charge in [-0.2, -0.15) is 0 Å². The number of carboxylic acids is 1. The summed E-state index contributed by atoms with van der Waals surface area (Å²) >= 11 is 0. The third kappa shape index (κ3) is 0.882. The summed E-state index contributed by atoms with van der Waals surface area (Å²) in [7, 11) is 0. The van der Waals surface area contributed by atoms with Crippen LogP contribution >= 0.6 is 0 Å². The van der Waals surface area contributed by atoms with Gasteiger partial charge in [-0.15, -0.1) is 0 Å². The number of allylic oxidation sites excluding steroid dienone is 3. The molecule has 2 heteroatoms. The van der Waals surface area contributed by atoms with Gasteiger partial charge < -0.3 is 5.11 Å². The molecule has 2 nitrogen and oxygen atoms in total. The van der Waals surface area contributed by atoms with Crippen LogP contribution in [0, 0.1) is 16.7 Å².